The number of carbonyl (C=O) groups is 6. The van der Waals surface area contributed by atoms with Crippen LogP contribution in [0.1, 0.15) is 79.3 Å². The van der Waals surface area contributed by atoms with Crippen LogP contribution in [0.15, 0.2) is 102 Å². The van der Waals surface area contributed by atoms with E-state index >= 15 is 0 Å². The van der Waals surface area contributed by atoms with Gasteiger partial charge in [0.1, 0.15) is 18.9 Å². The van der Waals surface area contributed by atoms with Crippen molar-refractivity contribution in [1.29, 1.82) is 0 Å². The summed E-state index contributed by atoms with van der Waals surface area (Å²) in [5.41, 5.74) is 3.50. The van der Waals surface area contributed by atoms with Crippen LogP contribution in [0.4, 0.5) is 0 Å². The number of carboxylic acids is 1. The zero-order valence-electron chi connectivity index (χ0n) is 22.8. The first kappa shape index (κ1) is 54.3. The lowest BCUT2D eigenvalue weighted by Gasteiger charge is -1.93. The molecule has 258 valence electrons. The second-order valence-corrected chi connectivity index (χ2v) is 8.41. The summed E-state index contributed by atoms with van der Waals surface area (Å²) in [6, 6.07) is 20.7. The average Bonchev–Trinajstić information content (AvgIpc) is 3.03. The van der Waals surface area contributed by atoms with E-state index in [-0.39, 0.29) is 37.1 Å². The van der Waals surface area contributed by atoms with E-state index in [1.54, 1.807) is 66.7 Å². The molecule has 3 rings (SSSR count). The molecule has 1 N–H and O–H groups in total. The maximum atomic E-state index is 10.7. The van der Waals surface area contributed by atoms with Gasteiger partial charge in [0.15, 0.2) is 0 Å². The number of rotatable bonds is 8. The molecular formula is C37H49BrO9. The Morgan fingerprint density at radius 1 is 0.574 bits per heavy atom. The van der Waals surface area contributed by atoms with Crippen LogP contribution in [0.3, 0.4) is 0 Å². The molecule has 0 aliphatic carbocycles. The highest BCUT2D eigenvalue weighted by Crippen LogP contribution is 2.08. The molecule has 0 amide bonds. The smallest absolute Gasteiger partial charge is 0.330 e. The predicted octanol–water partition coefficient (Wildman–Crippen LogP) is 9.07. The minimum absolute atomic E-state index is 0. The first-order valence-electron chi connectivity index (χ1n) is 11.8. The highest BCUT2D eigenvalue weighted by atomic mass is 79.9. The number of benzene rings is 3. The lowest BCUT2D eigenvalue weighted by Crippen LogP contribution is -1.93. The van der Waals surface area contributed by atoms with Gasteiger partial charge in [-0.3, -0.25) is 14.4 Å². The van der Waals surface area contributed by atoms with Crippen LogP contribution >= 0.6 is 15.9 Å². The van der Waals surface area contributed by atoms with Crippen LogP contribution in [0.2, 0.25) is 0 Å². The van der Waals surface area contributed by atoms with Crippen molar-refractivity contribution in [3.8, 4) is 0 Å². The van der Waals surface area contributed by atoms with Crippen molar-refractivity contribution in [3.63, 3.8) is 0 Å². The summed E-state index contributed by atoms with van der Waals surface area (Å²) in [6.07, 6.45) is 8.92. The zero-order valence-corrected chi connectivity index (χ0v) is 24.4. The number of aldehydes is 3. The summed E-state index contributed by atoms with van der Waals surface area (Å²) in [6.45, 7) is 3.16. The summed E-state index contributed by atoms with van der Waals surface area (Å²) in [7, 11) is 2.63. The van der Waals surface area contributed by atoms with E-state index in [2.05, 4.69) is 32.0 Å². The van der Waals surface area contributed by atoms with Gasteiger partial charge in [-0.15, -0.1) is 0 Å². The van der Waals surface area contributed by atoms with Crippen molar-refractivity contribution in [1.82, 2.24) is 0 Å². The van der Waals surface area contributed by atoms with E-state index in [9.17, 15) is 28.8 Å². The standard InChI is InChI=1S/C11H10O3.C10H8O3.C7H5BrO.C4H6O2.5CH4/c1-14-11(13)7-6-9-2-4-10(8-12)5-3-9;11-7-9-3-1-8(2-4-9)5-6-10(12)13;8-7-3-1-6(5-9)2-4-7;1-3-4(5)6-2;;;;;/h2-8H,1H3;1-7H,(H,12,13);1-5H;3H,1H2,2H3;5*1H4/b7-6+;6-5+;;;;;;;. The molecule has 0 heterocycles. The molecule has 3 aromatic rings. The Bertz CT molecular complexity index is 1360. The number of esters is 2. The van der Waals surface area contributed by atoms with Gasteiger partial charge in [0.2, 0.25) is 0 Å². The van der Waals surface area contributed by atoms with Crippen LogP contribution in [-0.4, -0.2) is 56.1 Å². The maximum Gasteiger partial charge on any atom is 0.330 e. The molecular weight excluding hydrogens is 668 g/mol. The molecule has 10 heteroatoms. The SMILES string of the molecule is C.C.C.C.C.C=CC(=O)OC.COC(=O)/C=C/c1ccc(C=O)cc1.O=Cc1ccc(/C=C/C(=O)O)cc1.O=Cc1ccc(Br)cc1. The first-order valence-corrected chi connectivity index (χ1v) is 12.6. The molecule has 0 aliphatic rings. The topological polar surface area (TPSA) is 141 Å². The third kappa shape index (κ3) is 28.0. The van der Waals surface area contributed by atoms with Crippen molar-refractivity contribution in [3.05, 3.63) is 130 Å². The lowest BCUT2D eigenvalue weighted by atomic mass is 10.1. The highest BCUT2D eigenvalue weighted by molar-refractivity contribution is 9.10. The van der Waals surface area contributed by atoms with E-state index in [1.807, 2.05) is 12.1 Å². The van der Waals surface area contributed by atoms with Crippen molar-refractivity contribution in [2.24, 2.45) is 0 Å². The average molecular weight is 718 g/mol. The van der Waals surface area contributed by atoms with Crippen LogP contribution in [0, 0.1) is 0 Å². The Hall–Kier alpha value is -5.22. The second kappa shape index (κ2) is 33.7. The fraction of sp³-hybridized carbons (Fsp3) is 0.189. The molecule has 0 spiro atoms. The van der Waals surface area contributed by atoms with Gasteiger partial charge in [0, 0.05) is 39.4 Å². The van der Waals surface area contributed by atoms with Crippen molar-refractivity contribution >= 4 is 64.8 Å². The molecule has 0 aliphatic heterocycles. The summed E-state index contributed by atoms with van der Waals surface area (Å²) in [5, 5.41) is 8.33. The van der Waals surface area contributed by atoms with E-state index in [0.717, 1.165) is 46.6 Å². The van der Waals surface area contributed by atoms with Gasteiger partial charge in [0.05, 0.1) is 14.2 Å². The van der Waals surface area contributed by atoms with Gasteiger partial charge in [-0.25, -0.2) is 14.4 Å². The van der Waals surface area contributed by atoms with Gasteiger partial charge >= 0.3 is 17.9 Å². The van der Waals surface area contributed by atoms with E-state index in [0.29, 0.717) is 16.7 Å². The maximum absolute atomic E-state index is 10.7. The highest BCUT2D eigenvalue weighted by Gasteiger charge is 1.93. The molecule has 0 aromatic heterocycles. The number of carboxylic acid groups (broad SMARTS) is 1. The Morgan fingerprint density at radius 2 is 0.872 bits per heavy atom. The number of methoxy groups -OCH3 is 2. The van der Waals surface area contributed by atoms with Crippen LogP contribution < -0.4 is 0 Å². The summed E-state index contributed by atoms with van der Waals surface area (Å²) < 4.78 is 9.57. The van der Waals surface area contributed by atoms with E-state index < -0.39 is 17.9 Å². The number of halogens is 1. The second-order valence-electron chi connectivity index (χ2n) is 7.49. The fourth-order valence-electron chi connectivity index (χ4n) is 2.40. The molecule has 0 radical (unpaired) electrons. The number of ether oxygens (including phenoxy) is 2. The molecule has 0 saturated carbocycles. The van der Waals surface area contributed by atoms with Gasteiger partial charge < -0.3 is 14.6 Å². The van der Waals surface area contributed by atoms with E-state index in [1.165, 1.54) is 26.4 Å². The van der Waals surface area contributed by atoms with Crippen molar-refractivity contribution < 1.29 is 43.3 Å². The molecule has 0 atom stereocenters. The lowest BCUT2D eigenvalue weighted by molar-refractivity contribution is -0.135. The molecule has 9 nitrogen and oxygen atoms in total. The predicted molar refractivity (Wildman–Crippen MR) is 197 cm³/mol. The van der Waals surface area contributed by atoms with Gasteiger partial charge in [-0.2, -0.15) is 0 Å². The normalized spacial score (nSPS) is 8.40. The van der Waals surface area contributed by atoms with Crippen molar-refractivity contribution in [2.75, 3.05) is 14.2 Å². The third-order valence-corrected chi connectivity index (χ3v) is 5.08. The number of carbonyl (C=O) groups excluding carboxylic acids is 5. The number of aliphatic carboxylic acids is 1. The quantitative estimate of drug-likeness (QED) is 0.137. The summed E-state index contributed by atoms with van der Waals surface area (Å²) >= 11 is 3.26. The zero-order chi connectivity index (χ0) is 31.8. The molecule has 3 aromatic carbocycles. The number of hydrogen-bond acceptors (Lipinski definition) is 8. The molecule has 0 saturated heterocycles. The summed E-state index contributed by atoms with van der Waals surface area (Å²) in [4.78, 5) is 61.4. The molecule has 0 unspecified atom stereocenters. The van der Waals surface area contributed by atoms with Gasteiger partial charge in [0.25, 0.3) is 0 Å². The Morgan fingerprint density at radius 3 is 1.13 bits per heavy atom. The monoisotopic (exact) mass is 716 g/mol. The Labute approximate surface area is 288 Å². The Kier molecular flexibility index (Phi) is 38.9. The molecule has 0 bridgehead atoms. The fourth-order valence-corrected chi connectivity index (χ4v) is 2.66. The van der Waals surface area contributed by atoms with Gasteiger partial charge in [-0.05, 0) is 35.4 Å². The first-order chi connectivity index (χ1) is 20.1. The van der Waals surface area contributed by atoms with Crippen LogP contribution in [-0.2, 0) is 23.9 Å². The Balaban J connectivity index is -0.000000119. The largest absolute Gasteiger partial charge is 0.478 e. The summed E-state index contributed by atoms with van der Waals surface area (Å²) in [5.74, 6) is -1.78. The molecule has 47 heavy (non-hydrogen) atoms. The third-order valence-electron chi connectivity index (χ3n) is 4.55. The minimum Gasteiger partial charge on any atom is -0.478 e. The minimum atomic E-state index is -0.987. The van der Waals surface area contributed by atoms with Gasteiger partial charge in [-0.1, -0.05) is 120 Å². The molecule has 0 fully saturated rings. The van der Waals surface area contributed by atoms with Crippen LogP contribution in [0.5, 0.6) is 0 Å². The number of hydrogen-bond donors (Lipinski definition) is 1. The van der Waals surface area contributed by atoms with Crippen LogP contribution in [0.25, 0.3) is 12.2 Å². The van der Waals surface area contributed by atoms with Crippen molar-refractivity contribution in [2.45, 2.75) is 37.1 Å². The van der Waals surface area contributed by atoms with E-state index in [4.69, 9.17) is 5.11 Å².